The monoisotopic (exact) mass is 459 g/mol. The number of benzene rings is 1. The summed E-state index contributed by atoms with van der Waals surface area (Å²) in [5, 5.41) is 7.31. The SMILES string of the molecule is CCOC(=O)c1c(NC(=O)c2nn(-c3ccc(Cl)cc3)ccc2=O)sc(C(C)=O)c1C. The van der Waals surface area contributed by atoms with Gasteiger partial charge in [0.1, 0.15) is 5.00 Å². The van der Waals surface area contributed by atoms with Crippen molar-refractivity contribution in [3.63, 3.8) is 0 Å². The highest BCUT2D eigenvalue weighted by Gasteiger charge is 2.26. The molecule has 10 heteroatoms. The molecule has 0 fully saturated rings. The Balaban J connectivity index is 2.00. The Labute approximate surface area is 186 Å². The Hall–Kier alpha value is -3.30. The van der Waals surface area contributed by atoms with Gasteiger partial charge in [-0.1, -0.05) is 11.6 Å². The number of thiophene rings is 1. The lowest BCUT2D eigenvalue weighted by Crippen LogP contribution is -2.25. The topological polar surface area (TPSA) is 107 Å². The maximum absolute atomic E-state index is 12.9. The molecule has 2 heterocycles. The maximum Gasteiger partial charge on any atom is 0.341 e. The van der Waals surface area contributed by atoms with Crippen molar-refractivity contribution in [1.29, 1.82) is 0 Å². The van der Waals surface area contributed by atoms with Crippen molar-refractivity contribution in [1.82, 2.24) is 9.78 Å². The summed E-state index contributed by atoms with van der Waals surface area (Å²) in [6.45, 7) is 4.74. The van der Waals surface area contributed by atoms with E-state index in [0.29, 0.717) is 21.2 Å². The molecule has 0 bridgehead atoms. The van der Waals surface area contributed by atoms with Crippen molar-refractivity contribution in [2.24, 2.45) is 0 Å². The molecule has 3 aromatic rings. The molecule has 1 aromatic carbocycles. The number of nitrogens with zero attached hydrogens (tertiary/aromatic N) is 2. The van der Waals surface area contributed by atoms with E-state index in [0.717, 1.165) is 11.3 Å². The fourth-order valence-corrected chi connectivity index (χ4v) is 4.06. The predicted molar refractivity (Wildman–Crippen MR) is 118 cm³/mol. The molecule has 0 atom stereocenters. The summed E-state index contributed by atoms with van der Waals surface area (Å²) < 4.78 is 6.41. The highest BCUT2D eigenvalue weighted by molar-refractivity contribution is 7.18. The lowest BCUT2D eigenvalue weighted by atomic mass is 10.1. The molecular formula is C21H18ClN3O5S. The highest BCUT2D eigenvalue weighted by atomic mass is 35.5. The molecule has 160 valence electrons. The average Bonchev–Trinajstić information content (AvgIpc) is 3.05. The Morgan fingerprint density at radius 1 is 1.19 bits per heavy atom. The van der Waals surface area contributed by atoms with Gasteiger partial charge in [0.05, 0.1) is 22.7 Å². The van der Waals surface area contributed by atoms with Crippen LogP contribution in [0.3, 0.4) is 0 Å². The van der Waals surface area contributed by atoms with Crippen molar-refractivity contribution >= 4 is 45.6 Å². The number of carbonyl (C=O) groups excluding carboxylic acids is 3. The van der Waals surface area contributed by atoms with E-state index in [4.69, 9.17) is 16.3 Å². The van der Waals surface area contributed by atoms with Gasteiger partial charge in [0.15, 0.2) is 11.5 Å². The summed E-state index contributed by atoms with van der Waals surface area (Å²) in [7, 11) is 0. The minimum absolute atomic E-state index is 0.0827. The Morgan fingerprint density at radius 2 is 1.87 bits per heavy atom. The quantitative estimate of drug-likeness (QED) is 0.442. The van der Waals surface area contributed by atoms with E-state index in [1.165, 1.54) is 23.9 Å². The van der Waals surface area contributed by atoms with Crippen molar-refractivity contribution < 1.29 is 19.1 Å². The first-order valence-corrected chi connectivity index (χ1v) is 10.4. The number of halogens is 1. The summed E-state index contributed by atoms with van der Waals surface area (Å²) in [6, 6.07) is 7.88. The predicted octanol–water partition coefficient (Wildman–Crippen LogP) is 3.89. The molecule has 3 rings (SSSR count). The van der Waals surface area contributed by atoms with Crippen molar-refractivity contribution in [3.05, 3.63) is 73.5 Å². The first kappa shape index (κ1) is 22.4. The zero-order valence-corrected chi connectivity index (χ0v) is 18.5. The third-order valence-electron chi connectivity index (χ3n) is 4.29. The fourth-order valence-electron chi connectivity index (χ4n) is 2.85. The summed E-state index contributed by atoms with van der Waals surface area (Å²) in [5.41, 5.74) is 0.116. The van der Waals surface area contributed by atoms with Crippen LogP contribution in [-0.2, 0) is 4.74 Å². The zero-order chi connectivity index (χ0) is 22.7. The molecule has 0 radical (unpaired) electrons. The van der Waals surface area contributed by atoms with Gasteiger partial charge in [-0.05, 0) is 50.6 Å². The smallest absolute Gasteiger partial charge is 0.341 e. The Bertz CT molecular complexity index is 1230. The van der Waals surface area contributed by atoms with Gasteiger partial charge in [-0.2, -0.15) is 5.10 Å². The molecule has 0 saturated carbocycles. The average molecular weight is 460 g/mol. The number of Topliss-reactive ketones (excluding diaryl/α,β-unsaturated/α-hetero) is 1. The van der Waals surface area contributed by atoms with Crippen molar-refractivity contribution in [3.8, 4) is 5.69 Å². The lowest BCUT2D eigenvalue weighted by molar-refractivity contribution is 0.0527. The maximum atomic E-state index is 12.9. The summed E-state index contributed by atoms with van der Waals surface area (Å²) in [6.07, 6.45) is 1.43. The van der Waals surface area contributed by atoms with Crippen molar-refractivity contribution in [2.75, 3.05) is 11.9 Å². The van der Waals surface area contributed by atoms with Crippen LogP contribution in [0.25, 0.3) is 5.69 Å². The van der Waals surface area contributed by atoms with Crippen LogP contribution >= 0.6 is 22.9 Å². The molecule has 0 unspecified atom stereocenters. The number of hydrogen-bond acceptors (Lipinski definition) is 7. The van der Waals surface area contributed by atoms with Gasteiger partial charge in [-0.25, -0.2) is 9.48 Å². The molecule has 2 aromatic heterocycles. The minimum Gasteiger partial charge on any atom is -0.462 e. The van der Waals surface area contributed by atoms with Crippen LogP contribution in [0.4, 0.5) is 5.00 Å². The van der Waals surface area contributed by atoms with Crippen LogP contribution in [0.15, 0.2) is 41.3 Å². The van der Waals surface area contributed by atoms with Crippen LogP contribution in [-0.4, -0.2) is 34.0 Å². The number of ketones is 1. The number of rotatable bonds is 6. The molecular weight excluding hydrogens is 442 g/mol. The highest BCUT2D eigenvalue weighted by Crippen LogP contribution is 2.34. The zero-order valence-electron chi connectivity index (χ0n) is 16.9. The second-order valence-corrected chi connectivity index (χ2v) is 7.90. The third-order valence-corrected chi connectivity index (χ3v) is 5.85. The number of anilines is 1. The first-order valence-electron chi connectivity index (χ1n) is 9.21. The van der Waals surface area contributed by atoms with E-state index < -0.39 is 17.3 Å². The number of ether oxygens (including phenoxy) is 1. The fraction of sp³-hybridized carbons (Fsp3) is 0.190. The van der Waals surface area contributed by atoms with E-state index in [1.807, 2.05) is 0 Å². The normalized spacial score (nSPS) is 10.6. The van der Waals surface area contributed by atoms with E-state index in [-0.39, 0.29) is 28.6 Å². The summed E-state index contributed by atoms with van der Waals surface area (Å²) in [4.78, 5) is 49.8. The Morgan fingerprint density at radius 3 is 2.48 bits per heavy atom. The lowest BCUT2D eigenvalue weighted by Gasteiger charge is -2.09. The number of amides is 1. The van der Waals surface area contributed by atoms with E-state index >= 15 is 0 Å². The summed E-state index contributed by atoms with van der Waals surface area (Å²) >= 11 is 6.84. The van der Waals surface area contributed by atoms with Crippen molar-refractivity contribution in [2.45, 2.75) is 20.8 Å². The first-order chi connectivity index (χ1) is 14.7. The second-order valence-electron chi connectivity index (χ2n) is 6.44. The van der Waals surface area contributed by atoms with Gasteiger partial charge < -0.3 is 10.1 Å². The van der Waals surface area contributed by atoms with Gasteiger partial charge >= 0.3 is 5.97 Å². The number of hydrogen-bond donors (Lipinski definition) is 1. The number of aromatic nitrogens is 2. The van der Waals surface area contributed by atoms with Crippen LogP contribution in [0, 0.1) is 6.92 Å². The third kappa shape index (κ3) is 4.73. The summed E-state index contributed by atoms with van der Waals surface area (Å²) in [5.74, 6) is -1.73. The van der Waals surface area contributed by atoms with E-state index in [9.17, 15) is 19.2 Å². The molecule has 0 aliphatic rings. The standard InChI is InChI=1S/C21H18ClN3O5S/c1-4-30-21(29)16-11(2)18(12(3)26)31-20(16)23-19(28)17-15(27)9-10-25(24-17)14-7-5-13(22)6-8-14/h5-10H,4H2,1-3H3,(H,23,28). The minimum atomic E-state index is -0.810. The molecule has 8 nitrogen and oxygen atoms in total. The van der Waals surface area contributed by atoms with Crippen LogP contribution < -0.4 is 10.7 Å². The Kier molecular flexibility index (Phi) is 6.67. The number of nitrogens with one attached hydrogen (secondary N) is 1. The number of esters is 1. The van der Waals surface area contributed by atoms with Crippen LogP contribution in [0.2, 0.25) is 5.02 Å². The van der Waals surface area contributed by atoms with Crippen LogP contribution in [0.1, 0.15) is 49.9 Å². The molecule has 0 spiro atoms. The van der Waals surface area contributed by atoms with E-state index in [1.54, 1.807) is 38.1 Å². The van der Waals surface area contributed by atoms with Crippen LogP contribution in [0.5, 0.6) is 0 Å². The molecule has 0 aliphatic heterocycles. The molecule has 1 N–H and O–H groups in total. The molecule has 1 amide bonds. The van der Waals surface area contributed by atoms with Gasteiger partial charge in [-0.3, -0.25) is 14.4 Å². The van der Waals surface area contributed by atoms with Gasteiger partial charge in [0.25, 0.3) is 5.91 Å². The van der Waals surface area contributed by atoms with Gasteiger partial charge in [-0.15, -0.1) is 11.3 Å². The van der Waals surface area contributed by atoms with E-state index in [2.05, 4.69) is 10.4 Å². The largest absolute Gasteiger partial charge is 0.462 e. The molecule has 31 heavy (non-hydrogen) atoms. The molecule has 0 saturated heterocycles. The molecule has 0 aliphatic carbocycles. The second kappa shape index (κ2) is 9.23. The number of carbonyl (C=O) groups is 3. The van der Waals surface area contributed by atoms with Gasteiger partial charge in [0, 0.05) is 17.3 Å². The van der Waals surface area contributed by atoms with Gasteiger partial charge in [0.2, 0.25) is 5.43 Å².